The van der Waals surface area contributed by atoms with Crippen molar-refractivity contribution >= 4 is 20.2 Å². The molecule has 0 heterocycles. The SMILES string of the molecule is CN(C)C(=O)C(O[Si](C)(C)C)(C(=O)O)c1ccccc1. The highest BCUT2D eigenvalue weighted by Gasteiger charge is 2.52. The summed E-state index contributed by atoms with van der Waals surface area (Å²) in [5.74, 6) is -1.87. The minimum Gasteiger partial charge on any atom is -0.478 e. The largest absolute Gasteiger partial charge is 0.478 e. The monoisotopic (exact) mass is 295 g/mol. The molecule has 0 aromatic heterocycles. The minimum atomic E-state index is -2.28. The molecule has 0 saturated heterocycles. The highest BCUT2D eigenvalue weighted by molar-refractivity contribution is 6.70. The highest BCUT2D eigenvalue weighted by Crippen LogP contribution is 2.32. The van der Waals surface area contributed by atoms with Gasteiger partial charge in [-0.3, -0.25) is 4.79 Å². The van der Waals surface area contributed by atoms with E-state index in [4.69, 9.17) is 4.43 Å². The molecule has 0 aliphatic carbocycles. The molecular weight excluding hydrogens is 274 g/mol. The van der Waals surface area contributed by atoms with Crippen molar-refractivity contribution in [3.8, 4) is 0 Å². The summed E-state index contributed by atoms with van der Waals surface area (Å²) in [6.07, 6.45) is 0. The molecule has 0 radical (unpaired) electrons. The van der Waals surface area contributed by atoms with E-state index < -0.39 is 25.8 Å². The maximum Gasteiger partial charge on any atom is 0.349 e. The summed E-state index contributed by atoms with van der Waals surface area (Å²) < 4.78 is 5.84. The van der Waals surface area contributed by atoms with Gasteiger partial charge in [-0.15, -0.1) is 0 Å². The second-order valence-electron chi connectivity index (χ2n) is 5.77. The third kappa shape index (κ3) is 3.26. The smallest absolute Gasteiger partial charge is 0.349 e. The van der Waals surface area contributed by atoms with Crippen molar-refractivity contribution in [3.63, 3.8) is 0 Å². The van der Waals surface area contributed by atoms with Gasteiger partial charge in [0.25, 0.3) is 11.5 Å². The zero-order valence-corrected chi connectivity index (χ0v) is 13.5. The second kappa shape index (κ2) is 5.76. The van der Waals surface area contributed by atoms with E-state index in [0.29, 0.717) is 5.56 Å². The van der Waals surface area contributed by atoms with Crippen LogP contribution in [0.5, 0.6) is 0 Å². The Balaban J connectivity index is 3.51. The molecule has 0 aliphatic rings. The van der Waals surface area contributed by atoms with E-state index in [9.17, 15) is 14.7 Å². The molecule has 0 saturated carbocycles. The van der Waals surface area contributed by atoms with Gasteiger partial charge in [-0.25, -0.2) is 4.79 Å². The minimum absolute atomic E-state index is 0.341. The Morgan fingerprint density at radius 1 is 1.15 bits per heavy atom. The van der Waals surface area contributed by atoms with Crippen LogP contribution in [0.2, 0.25) is 19.6 Å². The van der Waals surface area contributed by atoms with E-state index in [1.165, 1.54) is 19.0 Å². The summed E-state index contributed by atoms with van der Waals surface area (Å²) in [5.41, 5.74) is -1.64. The lowest BCUT2D eigenvalue weighted by Gasteiger charge is -2.36. The first kappa shape index (κ1) is 16.4. The van der Waals surface area contributed by atoms with Gasteiger partial charge in [0.05, 0.1) is 0 Å². The number of hydrogen-bond acceptors (Lipinski definition) is 3. The Morgan fingerprint density at radius 3 is 2.00 bits per heavy atom. The zero-order chi connectivity index (χ0) is 15.6. The molecule has 1 amide bonds. The van der Waals surface area contributed by atoms with E-state index in [1.807, 2.05) is 19.6 Å². The molecule has 0 fully saturated rings. The van der Waals surface area contributed by atoms with Gasteiger partial charge in [0, 0.05) is 19.7 Å². The van der Waals surface area contributed by atoms with Crippen molar-refractivity contribution in [2.24, 2.45) is 0 Å². The number of carboxylic acids is 1. The Morgan fingerprint density at radius 2 is 1.65 bits per heavy atom. The fourth-order valence-electron chi connectivity index (χ4n) is 1.93. The summed E-state index contributed by atoms with van der Waals surface area (Å²) in [6, 6.07) is 8.38. The van der Waals surface area contributed by atoms with Crippen LogP contribution in [0.4, 0.5) is 0 Å². The van der Waals surface area contributed by atoms with Crippen molar-refractivity contribution < 1.29 is 19.1 Å². The zero-order valence-electron chi connectivity index (χ0n) is 12.5. The summed E-state index contributed by atoms with van der Waals surface area (Å²) >= 11 is 0. The van der Waals surface area contributed by atoms with Crippen molar-refractivity contribution in [1.29, 1.82) is 0 Å². The van der Waals surface area contributed by atoms with E-state index in [2.05, 4.69) is 0 Å². The molecule has 0 spiro atoms. The van der Waals surface area contributed by atoms with Crippen LogP contribution in [-0.4, -0.2) is 44.3 Å². The summed E-state index contributed by atoms with van der Waals surface area (Å²) in [4.78, 5) is 25.7. The summed E-state index contributed by atoms with van der Waals surface area (Å²) in [7, 11) is 0.774. The van der Waals surface area contributed by atoms with Crippen LogP contribution in [-0.2, 0) is 19.6 Å². The van der Waals surface area contributed by atoms with Crippen molar-refractivity contribution in [3.05, 3.63) is 35.9 Å². The maximum absolute atomic E-state index is 12.5. The molecule has 1 rings (SSSR count). The normalized spacial score (nSPS) is 14.4. The van der Waals surface area contributed by atoms with Gasteiger partial charge in [-0.1, -0.05) is 30.3 Å². The molecule has 1 unspecified atom stereocenters. The van der Waals surface area contributed by atoms with Gasteiger partial charge in [0.1, 0.15) is 0 Å². The van der Waals surface area contributed by atoms with Crippen molar-refractivity contribution in [2.45, 2.75) is 25.2 Å². The van der Waals surface area contributed by atoms with E-state index in [0.717, 1.165) is 0 Å². The first-order valence-corrected chi connectivity index (χ1v) is 9.73. The first-order chi connectivity index (χ1) is 9.11. The van der Waals surface area contributed by atoms with E-state index >= 15 is 0 Å². The number of benzene rings is 1. The molecule has 5 nitrogen and oxygen atoms in total. The molecule has 6 heteroatoms. The Kier molecular flexibility index (Phi) is 4.72. The van der Waals surface area contributed by atoms with E-state index in [-0.39, 0.29) is 0 Å². The van der Waals surface area contributed by atoms with Gasteiger partial charge >= 0.3 is 5.97 Å². The Labute approximate surface area is 120 Å². The lowest BCUT2D eigenvalue weighted by molar-refractivity contribution is -0.169. The average Bonchev–Trinajstić information content (AvgIpc) is 2.34. The van der Waals surface area contributed by atoms with Gasteiger partial charge in [-0.05, 0) is 19.6 Å². The van der Waals surface area contributed by atoms with Gasteiger partial charge < -0.3 is 14.4 Å². The molecular formula is C14H21NO4Si. The van der Waals surface area contributed by atoms with Crippen LogP contribution < -0.4 is 0 Å². The van der Waals surface area contributed by atoms with Gasteiger partial charge in [0.15, 0.2) is 8.32 Å². The predicted molar refractivity (Wildman–Crippen MR) is 78.9 cm³/mol. The third-order valence-corrected chi connectivity index (χ3v) is 3.57. The van der Waals surface area contributed by atoms with Crippen LogP contribution in [0, 0.1) is 0 Å². The third-order valence-electron chi connectivity index (χ3n) is 2.65. The summed E-state index contributed by atoms with van der Waals surface area (Å²) in [6.45, 7) is 5.57. The average molecular weight is 295 g/mol. The number of rotatable bonds is 5. The fourth-order valence-corrected chi connectivity index (χ4v) is 3.14. The van der Waals surface area contributed by atoms with Gasteiger partial charge in [-0.2, -0.15) is 0 Å². The van der Waals surface area contributed by atoms with Gasteiger partial charge in [0.2, 0.25) is 0 Å². The quantitative estimate of drug-likeness (QED) is 0.665. The number of likely N-dealkylation sites (N-methyl/N-ethyl adjacent to an activating group) is 1. The molecule has 0 aliphatic heterocycles. The molecule has 110 valence electrons. The molecule has 1 atom stereocenters. The number of carboxylic acid groups (broad SMARTS) is 1. The molecule has 1 aromatic rings. The molecule has 20 heavy (non-hydrogen) atoms. The Hall–Kier alpha value is -1.66. The molecule has 1 N–H and O–H groups in total. The summed E-state index contributed by atoms with van der Waals surface area (Å²) in [5, 5.41) is 9.71. The lowest BCUT2D eigenvalue weighted by atomic mass is 9.92. The molecule has 0 bridgehead atoms. The second-order valence-corrected chi connectivity index (χ2v) is 10.2. The topological polar surface area (TPSA) is 66.8 Å². The first-order valence-electron chi connectivity index (χ1n) is 6.32. The van der Waals surface area contributed by atoms with Crippen LogP contribution in [0.25, 0.3) is 0 Å². The van der Waals surface area contributed by atoms with Crippen LogP contribution in [0.3, 0.4) is 0 Å². The number of aliphatic carboxylic acids is 1. The van der Waals surface area contributed by atoms with Crippen molar-refractivity contribution in [2.75, 3.05) is 14.1 Å². The predicted octanol–water partition coefficient (Wildman–Crippen LogP) is 1.91. The number of hydrogen-bond donors (Lipinski definition) is 1. The lowest BCUT2D eigenvalue weighted by Crippen LogP contribution is -2.55. The Bertz CT molecular complexity index is 496. The fraction of sp³-hybridized carbons (Fsp3) is 0.429. The highest BCUT2D eigenvalue weighted by atomic mass is 28.4. The van der Waals surface area contributed by atoms with Crippen LogP contribution in [0.1, 0.15) is 5.56 Å². The van der Waals surface area contributed by atoms with Crippen molar-refractivity contribution in [1.82, 2.24) is 4.90 Å². The van der Waals surface area contributed by atoms with Crippen LogP contribution >= 0.6 is 0 Å². The van der Waals surface area contributed by atoms with E-state index in [1.54, 1.807) is 30.3 Å². The molecule has 1 aromatic carbocycles. The van der Waals surface area contributed by atoms with Crippen LogP contribution in [0.15, 0.2) is 30.3 Å². The number of amides is 1. The number of carbonyl (C=O) groups excluding carboxylic acids is 1. The number of nitrogens with zero attached hydrogens (tertiary/aromatic N) is 1. The number of carbonyl (C=O) groups is 2. The maximum atomic E-state index is 12.5. The standard InChI is InChI=1S/C14H21NO4Si/c1-15(2)12(16)14(13(17)18,19-20(3,4)5)11-9-7-6-8-10-11/h6-10H,1-5H3,(H,17,18).